The first-order valence-electron chi connectivity index (χ1n) is 8.70. The number of para-hydroxylation sites is 2. The van der Waals surface area contributed by atoms with Gasteiger partial charge in [0, 0.05) is 24.0 Å². The van der Waals surface area contributed by atoms with Crippen LogP contribution in [0.4, 0.5) is 21.9 Å². The predicted octanol–water partition coefficient (Wildman–Crippen LogP) is 2.96. The fraction of sp³-hybridized carbons (Fsp3) is 0.158. The Kier molecular flexibility index (Phi) is 4.90. The van der Waals surface area contributed by atoms with Gasteiger partial charge in [0.15, 0.2) is 5.01 Å². The van der Waals surface area contributed by atoms with Gasteiger partial charge in [0.05, 0.1) is 35.5 Å². The van der Waals surface area contributed by atoms with E-state index in [4.69, 9.17) is 5.73 Å². The lowest BCUT2D eigenvalue weighted by Crippen LogP contribution is -2.38. The van der Waals surface area contributed by atoms with Gasteiger partial charge < -0.3 is 21.3 Å². The van der Waals surface area contributed by atoms with E-state index in [1.807, 2.05) is 0 Å². The Hall–Kier alpha value is -3.46. The number of aromatic nitrogens is 2. The Labute approximate surface area is 165 Å². The zero-order chi connectivity index (χ0) is 19.5. The van der Waals surface area contributed by atoms with E-state index in [1.54, 1.807) is 53.7 Å². The number of carbonyl (C=O) groups excluding carboxylic acids is 2. The van der Waals surface area contributed by atoms with Crippen molar-refractivity contribution in [1.29, 1.82) is 0 Å². The molecule has 142 valence electrons. The molecule has 3 aromatic rings. The molecule has 1 aliphatic heterocycles. The highest BCUT2D eigenvalue weighted by atomic mass is 32.1. The third kappa shape index (κ3) is 3.79. The minimum Gasteiger partial charge on any atom is -0.397 e. The van der Waals surface area contributed by atoms with E-state index in [2.05, 4.69) is 20.6 Å². The van der Waals surface area contributed by atoms with E-state index < -0.39 is 0 Å². The van der Waals surface area contributed by atoms with Gasteiger partial charge >= 0.3 is 6.03 Å². The number of pyridine rings is 1. The summed E-state index contributed by atoms with van der Waals surface area (Å²) in [6, 6.07) is 10.4. The number of hydrogen-bond donors (Lipinski definition) is 3. The van der Waals surface area contributed by atoms with Gasteiger partial charge in [-0.15, -0.1) is 11.3 Å². The number of anilines is 3. The number of nitrogens with one attached hydrogen (secondary N) is 2. The number of fused-ring (bicyclic) bond motifs is 1. The van der Waals surface area contributed by atoms with E-state index in [-0.39, 0.29) is 11.9 Å². The number of nitrogens with two attached hydrogens (primary N) is 1. The first-order chi connectivity index (χ1) is 13.6. The van der Waals surface area contributed by atoms with E-state index in [9.17, 15) is 9.59 Å². The van der Waals surface area contributed by atoms with Gasteiger partial charge in [-0.25, -0.2) is 9.78 Å². The van der Waals surface area contributed by atoms with Gasteiger partial charge in [0.25, 0.3) is 5.91 Å². The smallest absolute Gasteiger partial charge is 0.322 e. The van der Waals surface area contributed by atoms with Gasteiger partial charge in [-0.2, -0.15) is 0 Å². The predicted molar refractivity (Wildman–Crippen MR) is 108 cm³/mol. The molecule has 0 saturated carbocycles. The lowest BCUT2D eigenvalue weighted by Gasteiger charge is -2.26. The molecule has 2 aromatic heterocycles. The van der Waals surface area contributed by atoms with Crippen molar-refractivity contribution in [2.45, 2.75) is 13.0 Å². The number of amides is 3. The zero-order valence-corrected chi connectivity index (χ0v) is 15.7. The molecule has 1 aliphatic rings. The fourth-order valence-corrected chi connectivity index (χ4v) is 3.91. The van der Waals surface area contributed by atoms with Crippen LogP contribution in [0.25, 0.3) is 0 Å². The molecule has 3 heterocycles. The second-order valence-corrected chi connectivity index (χ2v) is 7.36. The Morgan fingerprint density at radius 1 is 1.14 bits per heavy atom. The quantitative estimate of drug-likeness (QED) is 0.591. The number of carbonyl (C=O) groups is 2. The van der Waals surface area contributed by atoms with Crippen molar-refractivity contribution in [3.63, 3.8) is 0 Å². The number of urea groups is 1. The molecule has 4 N–H and O–H groups in total. The van der Waals surface area contributed by atoms with Crippen LogP contribution in [0.1, 0.15) is 20.4 Å². The van der Waals surface area contributed by atoms with E-state index in [1.165, 1.54) is 11.3 Å². The topological polar surface area (TPSA) is 113 Å². The monoisotopic (exact) mass is 394 g/mol. The van der Waals surface area contributed by atoms with Crippen LogP contribution in [0.3, 0.4) is 0 Å². The van der Waals surface area contributed by atoms with E-state index in [0.29, 0.717) is 41.6 Å². The Morgan fingerprint density at radius 2 is 2.00 bits per heavy atom. The molecule has 1 aromatic carbocycles. The Bertz CT molecular complexity index is 1020. The van der Waals surface area contributed by atoms with Crippen molar-refractivity contribution >= 4 is 40.3 Å². The third-order valence-corrected chi connectivity index (χ3v) is 5.42. The summed E-state index contributed by atoms with van der Waals surface area (Å²) in [4.78, 5) is 36.1. The van der Waals surface area contributed by atoms with Crippen LogP contribution in [0.2, 0.25) is 0 Å². The van der Waals surface area contributed by atoms with Crippen molar-refractivity contribution in [3.8, 4) is 0 Å². The Morgan fingerprint density at radius 3 is 2.79 bits per heavy atom. The number of benzene rings is 1. The zero-order valence-electron chi connectivity index (χ0n) is 14.9. The summed E-state index contributed by atoms with van der Waals surface area (Å²) in [5.74, 6) is -0.302. The molecule has 0 saturated heterocycles. The largest absolute Gasteiger partial charge is 0.397 e. The van der Waals surface area contributed by atoms with Crippen LogP contribution in [0, 0.1) is 0 Å². The summed E-state index contributed by atoms with van der Waals surface area (Å²) in [6.45, 7) is 0.954. The minimum absolute atomic E-state index is 0.199. The van der Waals surface area contributed by atoms with Crippen molar-refractivity contribution in [3.05, 3.63) is 64.4 Å². The maximum atomic E-state index is 12.5. The second-order valence-electron chi connectivity index (χ2n) is 6.27. The van der Waals surface area contributed by atoms with Crippen molar-refractivity contribution < 1.29 is 9.59 Å². The second kappa shape index (κ2) is 7.65. The summed E-state index contributed by atoms with van der Waals surface area (Å²) < 4.78 is 0. The van der Waals surface area contributed by atoms with Crippen LogP contribution in [-0.4, -0.2) is 33.4 Å². The third-order valence-electron chi connectivity index (χ3n) is 4.33. The van der Waals surface area contributed by atoms with Crippen molar-refractivity contribution in [2.24, 2.45) is 0 Å². The molecule has 0 spiro atoms. The molecule has 9 heteroatoms. The highest BCUT2D eigenvalue weighted by Gasteiger charge is 2.26. The normalized spacial score (nSPS) is 12.9. The van der Waals surface area contributed by atoms with Gasteiger partial charge in [0.1, 0.15) is 0 Å². The number of rotatable bonds is 3. The van der Waals surface area contributed by atoms with Crippen LogP contribution in [-0.2, 0) is 13.0 Å². The van der Waals surface area contributed by atoms with Gasteiger partial charge in [0.2, 0.25) is 0 Å². The molecule has 0 radical (unpaired) electrons. The number of thiazole rings is 1. The van der Waals surface area contributed by atoms with E-state index in [0.717, 1.165) is 10.6 Å². The van der Waals surface area contributed by atoms with Crippen molar-refractivity contribution in [2.75, 3.05) is 22.9 Å². The molecule has 8 nitrogen and oxygen atoms in total. The molecule has 0 aliphatic carbocycles. The maximum Gasteiger partial charge on any atom is 0.322 e. The number of nitrogens with zero attached hydrogens (tertiary/aromatic N) is 3. The lowest BCUT2D eigenvalue weighted by atomic mass is 10.2. The molecule has 28 heavy (non-hydrogen) atoms. The Balaban J connectivity index is 1.44. The number of hydrogen-bond acceptors (Lipinski definition) is 6. The molecule has 3 amide bonds. The molecular formula is C19H18N6O2S. The standard InChI is InChI=1S/C19H18N6O2S/c20-13-5-1-2-6-14(13)23-17(26)18-24-15-7-9-25(11-16(15)28-18)19(27)22-12-4-3-8-21-10-12/h1-6,8,10H,7,9,11,20H2,(H,22,27)(H,23,26). The molecular weight excluding hydrogens is 376 g/mol. The summed E-state index contributed by atoms with van der Waals surface area (Å²) in [6.07, 6.45) is 3.85. The summed E-state index contributed by atoms with van der Waals surface area (Å²) in [5, 5.41) is 5.98. The summed E-state index contributed by atoms with van der Waals surface area (Å²) >= 11 is 1.30. The molecule has 0 unspecified atom stereocenters. The van der Waals surface area contributed by atoms with Gasteiger partial charge in [-0.3, -0.25) is 9.78 Å². The average Bonchev–Trinajstić information content (AvgIpc) is 3.14. The van der Waals surface area contributed by atoms with Crippen LogP contribution in [0.15, 0.2) is 48.8 Å². The van der Waals surface area contributed by atoms with Crippen LogP contribution < -0.4 is 16.4 Å². The van der Waals surface area contributed by atoms with Crippen LogP contribution in [0.5, 0.6) is 0 Å². The molecule has 0 fully saturated rings. The first kappa shape index (κ1) is 17.9. The summed E-state index contributed by atoms with van der Waals surface area (Å²) in [7, 11) is 0. The lowest BCUT2D eigenvalue weighted by molar-refractivity contribution is 0.102. The summed E-state index contributed by atoms with van der Waals surface area (Å²) in [5.41, 5.74) is 8.43. The van der Waals surface area contributed by atoms with Gasteiger partial charge in [-0.1, -0.05) is 12.1 Å². The molecule has 0 atom stereocenters. The SMILES string of the molecule is Nc1ccccc1NC(=O)c1nc2c(s1)CN(C(=O)Nc1cccnc1)CC2. The van der Waals surface area contributed by atoms with Crippen molar-refractivity contribution in [1.82, 2.24) is 14.9 Å². The highest BCUT2D eigenvalue weighted by Crippen LogP contribution is 2.27. The van der Waals surface area contributed by atoms with Gasteiger partial charge in [-0.05, 0) is 24.3 Å². The molecule has 4 rings (SSSR count). The highest BCUT2D eigenvalue weighted by molar-refractivity contribution is 7.13. The number of nitrogen functional groups attached to an aromatic ring is 1. The maximum absolute atomic E-state index is 12.5. The average molecular weight is 394 g/mol. The van der Waals surface area contributed by atoms with E-state index >= 15 is 0 Å². The molecule has 0 bridgehead atoms. The van der Waals surface area contributed by atoms with Crippen LogP contribution >= 0.6 is 11.3 Å². The first-order valence-corrected chi connectivity index (χ1v) is 9.52. The minimum atomic E-state index is -0.302. The fourth-order valence-electron chi connectivity index (χ4n) is 2.89.